The van der Waals surface area contributed by atoms with Gasteiger partial charge in [0.15, 0.2) is 5.82 Å². The topological polar surface area (TPSA) is 82.8 Å². The summed E-state index contributed by atoms with van der Waals surface area (Å²) in [4.78, 5) is 9.34. The van der Waals surface area contributed by atoms with Gasteiger partial charge in [0.05, 0.1) is 11.0 Å². The minimum Gasteiger partial charge on any atom is -0.382 e. The average molecular weight is 348 g/mol. The van der Waals surface area contributed by atoms with Crippen LogP contribution in [0.15, 0.2) is 24.3 Å². The van der Waals surface area contributed by atoms with E-state index in [4.69, 9.17) is 16.5 Å². The van der Waals surface area contributed by atoms with E-state index in [9.17, 15) is 0 Å². The monoisotopic (exact) mass is 347 g/mol. The van der Waals surface area contributed by atoms with Gasteiger partial charge in [0.25, 0.3) is 0 Å². The van der Waals surface area contributed by atoms with E-state index in [0.717, 1.165) is 73.0 Å². The summed E-state index contributed by atoms with van der Waals surface area (Å²) in [5.74, 6) is 1.64. The zero-order valence-electron chi connectivity index (χ0n) is 14.2. The lowest BCUT2D eigenvalue weighted by molar-refractivity contribution is 0.593. The molecule has 0 spiro atoms. The normalized spacial score (nSPS) is 11.1. The fourth-order valence-electron chi connectivity index (χ4n) is 3.09. The Kier molecular flexibility index (Phi) is 6.40. The van der Waals surface area contributed by atoms with Crippen molar-refractivity contribution in [2.24, 2.45) is 5.73 Å². The molecule has 5 nitrogen and oxygen atoms in total. The molecular weight excluding hydrogens is 322 g/mol. The summed E-state index contributed by atoms with van der Waals surface area (Å²) in [6.07, 6.45) is 5.33. The quantitative estimate of drug-likeness (QED) is 0.639. The maximum Gasteiger partial charge on any atom is 0.152 e. The first-order chi connectivity index (χ1) is 11.3. The number of anilines is 1. The molecule has 0 bridgehead atoms. The van der Waals surface area contributed by atoms with Crippen LogP contribution in [-0.2, 0) is 13.0 Å². The van der Waals surface area contributed by atoms with Crippen LogP contribution in [0.25, 0.3) is 21.9 Å². The Hall–Kier alpha value is -1.85. The molecule has 0 saturated heterocycles. The van der Waals surface area contributed by atoms with E-state index in [2.05, 4.69) is 22.5 Å². The molecule has 0 aliphatic heterocycles. The molecule has 1 aromatic carbocycles. The number of fused-ring (bicyclic) bond motifs is 3. The number of benzene rings is 1. The minimum atomic E-state index is 0. The molecule has 4 N–H and O–H groups in total. The van der Waals surface area contributed by atoms with Crippen molar-refractivity contribution in [2.75, 3.05) is 12.3 Å². The second-order valence-corrected chi connectivity index (χ2v) is 5.99. The summed E-state index contributed by atoms with van der Waals surface area (Å²) in [5.41, 5.74) is 14.7. The third-order valence-electron chi connectivity index (χ3n) is 4.28. The number of hydrogen-bond donors (Lipinski definition) is 2. The molecule has 0 saturated carbocycles. The van der Waals surface area contributed by atoms with Gasteiger partial charge in [-0.15, -0.1) is 12.4 Å². The largest absolute Gasteiger partial charge is 0.382 e. The van der Waals surface area contributed by atoms with Crippen LogP contribution in [0.5, 0.6) is 0 Å². The van der Waals surface area contributed by atoms with Crippen LogP contribution in [0, 0.1) is 0 Å². The molecule has 2 aromatic heterocycles. The van der Waals surface area contributed by atoms with Crippen LogP contribution < -0.4 is 11.5 Å². The number of imidazole rings is 1. The van der Waals surface area contributed by atoms with E-state index >= 15 is 0 Å². The van der Waals surface area contributed by atoms with Crippen molar-refractivity contribution in [3.05, 3.63) is 30.1 Å². The number of nitrogens with zero attached hydrogens (tertiary/aromatic N) is 3. The smallest absolute Gasteiger partial charge is 0.152 e. The Labute approximate surface area is 148 Å². The Morgan fingerprint density at radius 3 is 2.62 bits per heavy atom. The van der Waals surface area contributed by atoms with Crippen LogP contribution in [0.4, 0.5) is 5.82 Å². The maximum atomic E-state index is 6.18. The summed E-state index contributed by atoms with van der Waals surface area (Å²) >= 11 is 0. The lowest BCUT2D eigenvalue weighted by atomic mass is 10.2. The molecule has 0 unspecified atom stereocenters. The maximum absolute atomic E-state index is 6.18. The summed E-state index contributed by atoms with van der Waals surface area (Å²) < 4.78 is 2.33. The number of unbranched alkanes of at least 4 members (excludes halogenated alkanes) is 2. The number of nitrogens with two attached hydrogens (primary N) is 2. The first-order valence-corrected chi connectivity index (χ1v) is 8.49. The summed E-state index contributed by atoms with van der Waals surface area (Å²) in [6, 6.07) is 8.15. The fourth-order valence-corrected chi connectivity index (χ4v) is 3.09. The number of pyridine rings is 1. The molecule has 0 atom stereocenters. The summed E-state index contributed by atoms with van der Waals surface area (Å²) in [5, 5.41) is 1.12. The van der Waals surface area contributed by atoms with Gasteiger partial charge in [0.1, 0.15) is 11.3 Å². The highest BCUT2D eigenvalue weighted by Gasteiger charge is 2.16. The van der Waals surface area contributed by atoms with Crippen molar-refractivity contribution in [3.63, 3.8) is 0 Å². The van der Waals surface area contributed by atoms with Crippen molar-refractivity contribution in [1.82, 2.24) is 14.5 Å². The lowest BCUT2D eigenvalue weighted by Gasteiger charge is -2.10. The molecule has 0 aliphatic rings. The van der Waals surface area contributed by atoms with Gasteiger partial charge in [0, 0.05) is 18.4 Å². The van der Waals surface area contributed by atoms with E-state index < -0.39 is 0 Å². The fraction of sp³-hybridized carbons (Fsp3) is 0.444. The SMILES string of the molecule is CCCCc1nc2c(N)nc3ccccc3c2n1CCCCN.Cl. The summed E-state index contributed by atoms with van der Waals surface area (Å²) in [7, 11) is 0. The van der Waals surface area contributed by atoms with Crippen LogP contribution in [0.2, 0.25) is 0 Å². The highest BCUT2D eigenvalue weighted by Crippen LogP contribution is 2.29. The van der Waals surface area contributed by atoms with Gasteiger partial charge in [-0.3, -0.25) is 0 Å². The predicted octanol–water partition coefficient (Wildman–Crippen LogP) is 3.67. The molecule has 24 heavy (non-hydrogen) atoms. The average Bonchev–Trinajstić information content (AvgIpc) is 2.93. The number of rotatable bonds is 7. The molecular formula is C18H26ClN5. The first kappa shape index (κ1) is 18.5. The van der Waals surface area contributed by atoms with Gasteiger partial charge in [-0.1, -0.05) is 31.5 Å². The standard InChI is InChI=1S/C18H25N5.ClH/c1-2-3-10-15-22-16-17(23(15)12-7-6-11-19)13-8-4-5-9-14(13)21-18(16)20;/h4-5,8-9H,2-3,6-7,10-12,19H2,1H3,(H2,20,21);1H. The van der Waals surface area contributed by atoms with Gasteiger partial charge >= 0.3 is 0 Å². The highest BCUT2D eigenvalue weighted by molar-refractivity contribution is 6.06. The molecule has 3 aromatic rings. The van der Waals surface area contributed by atoms with Crippen molar-refractivity contribution in [3.8, 4) is 0 Å². The molecule has 0 amide bonds. The van der Waals surface area contributed by atoms with Crippen molar-refractivity contribution in [2.45, 2.75) is 45.6 Å². The van der Waals surface area contributed by atoms with Crippen LogP contribution in [0.3, 0.4) is 0 Å². The van der Waals surface area contributed by atoms with E-state index in [1.807, 2.05) is 18.2 Å². The third kappa shape index (κ3) is 3.47. The summed E-state index contributed by atoms with van der Waals surface area (Å²) in [6.45, 7) is 3.86. The molecule has 0 aliphatic carbocycles. The van der Waals surface area contributed by atoms with E-state index in [0.29, 0.717) is 5.82 Å². The number of aryl methyl sites for hydroxylation is 2. The number of halogens is 1. The van der Waals surface area contributed by atoms with E-state index in [1.165, 1.54) is 0 Å². The molecule has 2 heterocycles. The molecule has 6 heteroatoms. The molecule has 3 rings (SSSR count). The second kappa shape index (κ2) is 8.31. The van der Waals surface area contributed by atoms with E-state index in [-0.39, 0.29) is 12.4 Å². The van der Waals surface area contributed by atoms with Gasteiger partial charge in [0.2, 0.25) is 0 Å². The number of aromatic nitrogens is 3. The highest BCUT2D eigenvalue weighted by atomic mass is 35.5. The van der Waals surface area contributed by atoms with Crippen LogP contribution in [-0.4, -0.2) is 21.1 Å². The van der Waals surface area contributed by atoms with Gasteiger partial charge < -0.3 is 16.0 Å². The second-order valence-electron chi connectivity index (χ2n) is 5.99. The minimum absolute atomic E-state index is 0. The van der Waals surface area contributed by atoms with Gasteiger partial charge in [-0.25, -0.2) is 9.97 Å². The van der Waals surface area contributed by atoms with Crippen LogP contribution >= 0.6 is 12.4 Å². The van der Waals surface area contributed by atoms with E-state index in [1.54, 1.807) is 0 Å². The molecule has 130 valence electrons. The van der Waals surface area contributed by atoms with Gasteiger partial charge in [-0.05, 0) is 31.9 Å². The lowest BCUT2D eigenvalue weighted by Crippen LogP contribution is -2.07. The first-order valence-electron chi connectivity index (χ1n) is 8.49. The Morgan fingerprint density at radius 2 is 1.88 bits per heavy atom. The van der Waals surface area contributed by atoms with Crippen molar-refractivity contribution >= 4 is 40.2 Å². The number of para-hydroxylation sites is 1. The Morgan fingerprint density at radius 1 is 1.08 bits per heavy atom. The number of hydrogen-bond acceptors (Lipinski definition) is 4. The molecule has 0 radical (unpaired) electrons. The zero-order chi connectivity index (χ0) is 16.2. The third-order valence-corrected chi connectivity index (χ3v) is 4.28. The van der Waals surface area contributed by atoms with Crippen LogP contribution in [0.1, 0.15) is 38.4 Å². The number of nitrogen functional groups attached to an aromatic ring is 1. The predicted molar refractivity (Wildman–Crippen MR) is 104 cm³/mol. The molecule has 0 fully saturated rings. The van der Waals surface area contributed by atoms with Crippen molar-refractivity contribution < 1.29 is 0 Å². The zero-order valence-corrected chi connectivity index (χ0v) is 15.0. The Balaban J connectivity index is 0.00000208. The van der Waals surface area contributed by atoms with Crippen molar-refractivity contribution in [1.29, 1.82) is 0 Å². The Bertz CT molecular complexity index is 812. The van der Waals surface area contributed by atoms with Gasteiger partial charge in [-0.2, -0.15) is 0 Å².